The number of ether oxygens (including phenoxy) is 1. The number of hydrogen-bond acceptors (Lipinski definition) is 4. The Morgan fingerprint density at radius 1 is 0.903 bits per heavy atom. The maximum Gasteiger partial charge on any atom is 0.220 e. The third-order valence-electron chi connectivity index (χ3n) is 5.27. The van der Waals surface area contributed by atoms with Crippen LogP contribution in [0.1, 0.15) is 63.5 Å². The molecule has 0 aliphatic heterocycles. The normalized spacial score (nSPS) is 11.7. The molecule has 0 fully saturated rings. The van der Waals surface area contributed by atoms with Crippen LogP contribution in [-0.4, -0.2) is 30.7 Å². The molecule has 4 N–H and O–H groups in total. The first-order valence-electron chi connectivity index (χ1n) is 11.3. The Balaban J connectivity index is 1.88. The van der Waals surface area contributed by atoms with Crippen LogP contribution in [0, 0.1) is 0 Å². The van der Waals surface area contributed by atoms with E-state index in [1.54, 1.807) is 12.1 Å². The number of amides is 1. The van der Waals surface area contributed by atoms with Crippen LogP contribution in [-0.2, 0) is 4.79 Å². The van der Waals surface area contributed by atoms with Crippen LogP contribution in [0.2, 0.25) is 0 Å². The van der Waals surface area contributed by atoms with Gasteiger partial charge in [-0.25, -0.2) is 0 Å². The molecule has 168 valence electrons. The van der Waals surface area contributed by atoms with Crippen LogP contribution in [0.4, 0.5) is 0 Å². The fraction of sp³-hybridized carbons (Fsp3) is 0.423. The Morgan fingerprint density at radius 3 is 2.03 bits per heavy atom. The van der Waals surface area contributed by atoms with Crippen LogP contribution in [0.15, 0.2) is 48.5 Å². The fourth-order valence-electron chi connectivity index (χ4n) is 3.65. The number of carbonyl (C=O) groups excluding carboxylic acids is 1. The highest BCUT2D eigenvalue weighted by Gasteiger charge is 2.09. The van der Waals surface area contributed by atoms with E-state index < -0.39 is 0 Å². The predicted octanol–water partition coefficient (Wildman–Crippen LogP) is 5.14. The number of nitrogens with one attached hydrogen (secondary N) is 1. The number of hydrogen-bond donors (Lipinski definition) is 3. The highest BCUT2D eigenvalue weighted by atomic mass is 16.5. The number of phenolic OH excluding ortho intramolecular Hbond substituents is 1. The lowest BCUT2D eigenvalue weighted by atomic mass is 9.91. The first-order valence-corrected chi connectivity index (χ1v) is 11.3. The van der Waals surface area contributed by atoms with Crippen molar-refractivity contribution in [3.05, 3.63) is 59.7 Å². The fourth-order valence-corrected chi connectivity index (χ4v) is 3.65. The van der Waals surface area contributed by atoms with Crippen LogP contribution >= 0.6 is 0 Å². The Morgan fingerprint density at radius 2 is 1.48 bits per heavy atom. The zero-order valence-electron chi connectivity index (χ0n) is 18.8. The van der Waals surface area contributed by atoms with Crippen molar-refractivity contribution >= 4 is 17.1 Å². The van der Waals surface area contributed by atoms with Crippen molar-refractivity contribution in [2.75, 3.05) is 19.7 Å². The van der Waals surface area contributed by atoms with Crippen molar-refractivity contribution in [3.8, 4) is 11.5 Å². The molecule has 5 nitrogen and oxygen atoms in total. The molecule has 0 radical (unpaired) electrons. The molecule has 0 atom stereocenters. The Labute approximate surface area is 186 Å². The molecule has 1 amide bonds. The van der Waals surface area contributed by atoms with Crippen molar-refractivity contribution in [3.63, 3.8) is 0 Å². The SMILES string of the molecule is CC/C(=C(/CC)c1ccc(OCCCCCC(=O)NCCN)cc1)c1ccc(O)cc1. The molecule has 0 bridgehead atoms. The maximum absolute atomic E-state index is 11.5. The molecule has 0 spiro atoms. The van der Waals surface area contributed by atoms with Gasteiger partial charge in [-0.05, 0) is 78.6 Å². The average molecular weight is 425 g/mol. The largest absolute Gasteiger partial charge is 0.508 e. The molecule has 0 saturated carbocycles. The Hall–Kier alpha value is -2.79. The zero-order chi connectivity index (χ0) is 22.5. The van der Waals surface area contributed by atoms with E-state index in [1.807, 2.05) is 24.3 Å². The van der Waals surface area contributed by atoms with E-state index in [1.165, 1.54) is 16.7 Å². The highest BCUT2D eigenvalue weighted by molar-refractivity contribution is 5.90. The highest BCUT2D eigenvalue weighted by Crippen LogP contribution is 2.32. The number of allylic oxidation sites excluding steroid dienone is 2. The monoisotopic (exact) mass is 424 g/mol. The first-order chi connectivity index (χ1) is 15.1. The standard InChI is InChI=1S/C26H36N2O3/c1-3-24(20-9-13-22(29)14-10-20)25(4-2)21-11-15-23(16-12-21)31-19-7-5-6-8-26(30)28-18-17-27/h9-16,29H,3-8,17-19,27H2,1-2H3,(H,28,30)/b25-24+. The summed E-state index contributed by atoms with van der Waals surface area (Å²) in [4.78, 5) is 11.5. The number of unbranched alkanes of at least 4 members (excludes halogenated alkanes) is 2. The lowest BCUT2D eigenvalue weighted by Gasteiger charge is -2.15. The van der Waals surface area contributed by atoms with Crippen LogP contribution in [0.5, 0.6) is 11.5 Å². The first kappa shape index (κ1) is 24.5. The molecule has 2 rings (SSSR count). The molecule has 2 aromatic carbocycles. The molecular formula is C26H36N2O3. The van der Waals surface area contributed by atoms with Crippen molar-refractivity contribution in [1.82, 2.24) is 5.32 Å². The summed E-state index contributed by atoms with van der Waals surface area (Å²) < 4.78 is 5.87. The van der Waals surface area contributed by atoms with Crippen LogP contribution in [0.25, 0.3) is 11.1 Å². The third-order valence-corrected chi connectivity index (χ3v) is 5.27. The van der Waals surface area contributed by atoms with E-state index >= 15 is 0 Å². The number of rotatable bonds is 13. The molecule has 31 heavy (non-hydrogen) atoms. The minimum absolute atomic E-state index is 0.0699. The van der Waals surface area contributed by atoms with E-state index in [2.05, 4.69) is 31.3 Å². The summed E-state index contributed by atoms with van der Waals surface area (Å²) in [6.45, 7) is 6.00. The lowest BCUT2D eigenvalue weighted by molar-refractivity contribution is -0.121. The summed E-state index contributed by atoms with van der Waals surface area (Å²) in [5, 5.41) is 12.4. The van der Waals surface area contributed by atoms with E-state index in [4.69, 9.17) is 10.5 Å². The molecule has 2 aromatic rings. The predicted molar refractivity (Wildman–Crippen MR) is 128 cm³/mol. The number of benzene rings is 2. The van der Waals surface area contributed by atoms with Gasteiger partial charge in [0.05, 0.1) is 6.61 Å². The number of phenols is 1. The van der Waals surface area contributed by atoms with Gasteiger partial charge in [0, 0.05) is 19.5 Å². The molecule has 0 aliphatic rings. The summed E-state index contributed by atoms with van der Waals surface area (Å²) in [7, 11) is 0. The minimum atomic E-state index is 0.0699. The summed E-state index contributed by atoms with van der Waals surface area (Å²) >= 11 is 0. The number of nitrogens with two attached hydrogens (primary N) is 1. The van der Waals surface area contributed by atoms with Gasteiger partial charge in [0.2, 0.25) is 5.91 Å². The topological polar surface area (TPSA) is 84.6 Å². The number of aromatic hydroxyl groups is 1. The van der Waals surface area contributed by atoms with Gasteiger partial charge < -0.3 is 20.9 Å². The molecule has 0 saturated heterocycles. The van der Waals surface area contributed by atoms with Gasteiger partial charge in [0.1, 0.15) is 11.5 Å². The van der Waals surface area contributed by atoms with E-state index in [-0.39, 0.29) is 11.7 Å². The van der Waals surface area contributed by atoms with Crippen LogP contribution in [0.3, 0.4) is 0 Å². The zero-order valence-corrected chi connectivity index (χ0v) is 18.8. The molecule has 0 aliphatic carbocycles. The molecular weight excluding hydrogens is 388 g/mol. The second-order valence-corrected chi connectivity index (χ2v) is 7.53. The van der Waals surface area contributed by atoms with Gasteiger partial charge in [-0.1, -0.05) is 38.1 Å². The van der Waals surface area contributed by atoms with E-state index in [0.717, 1.165) is 43.4 Å². The van der Waals surface area contributed by atoms with E-state index in [0.29, 0.717) is 26.1 Å². The molecule has 0 aromatic heterocycles. The van der Waals surface area contributed by atoms with Gasteiger partial charge >= 0.3 is 0 Å². The van der Waals surface area contributed by atoms with E-state index in [9.17, 15) is 9.90 Å². The second kappa shape index (κ2) is 13.5. The number of carbonyl (C=O) groups is 1. The molecule has 5 heteroatoms. The van der Waals surface area contributed by atoms with Crippen molar-refractivity contribution in [2.24, 2.45) is 5.73 Å². The van der Waals surface area contributed by atoms with Gasteiger partial charge in [0.15, 0.2) is 0 Å². The minimum Gasteiger partial charge on any atom is -0.508 e. The van der Waals surface area contributed by atoms with Gasteiger partial charge in [-0.15, -0.1) is 0 Å². The quantitative estimate of drug-likeness (QED) is 0.307. The van der Waals surface area contributed by atoms with Gasteiger partial charge in [-0.2, -0.15) is 0 Å². The van der Waals surface area contributed by atoms with Crippen LogP contribution < -0.4 is 15.8 Å². The van der Waals surface area contributed by atoms with Gasteiger partial charge in [0.25, 0.3) is 0 Å². The molecule has 0 unspecified atom stereocenters. The smallest absolute Gasteiger partial charge is 0.220 e. The average Bonchev–Trinajstić information content (AvgIpc) is 2.79. The summed E-state index contributed by atoms with van der Waals surface area (Å²) in [5.74, 6) is 1.22. The third kappa shape index (κ3) is 8.10. The van der Waals surface area contributed by atoms with Crippen molar-refractivity contribution < 1.29 is 14.6 Å². The summed E-state index contributed by atoms with van der Waals surface area (Å²) in [5.41, 5.74) is 10.3. The summed E-state index contributed by atoms with van der Waals surface area (Å²) in [6.07, 6.45) is 5.15. The molecule has 0 heterocycles. The van der Waals surface area contributed by atoms with Crippen molar-refractivity contribution in [1.29, 1.82) is 0 Å². The second-order valence-electron chi connectivity index (χ2n) is 7.53. The Bertz CT molecular complexity index is 827. The lowest BCUT2D eigenvalue weighted by Crippen LogP contribution is -2.28. The van der Waals surface area contributed by atoms with Crippen molar-refractivity contribution in [2.45, 2.75) is 52.4 Å². The summed E-state index contributed by atoms with van der Waals surface area (Å²) in [6, 6.07) is 15.7. The Kier molecular flexibility index (Phi) is 10.7. The van der Waals surface area contributed by atoms with Gasteiger partial charge in [-0.3, -0.25) is 4.79 Å². The maximum atomic E-state index is 11.5.